The van der Waals surface area contributed by atoms with Crippen LogP contribution in [-0.2, 0) is 0 Å². The van der Waals surface area contributed by atoms with Crippen molar-refractivity contribution in [2.75, 3.05) is 30.6 Å². The van der Waals surface area contributed by atoms with E-state index < -0.39 is 6.03 Å². The van der Waals surface area contributed by atoms with Crippen LogP contribution in [-0.4, -0.2) is 37.8 Å². The Balaban J connectivity index is 1.41. The van der Waals surface area contributed by atoms with Gasteiger partial charge in [-0.1, -0.05) is 24.3 Å². The molecule has 3 aromatic carbocycles. The van der Waals surface area contributed by atoms with Gasteiger partial charge in [-0.3, -0.25) is 4.79 Å². The highest BCUT2D eigenvalue weighted by Gasteiger charge is 2.19. The second kappa shape index (κ2) is 10.6. The summed E-state index contributed by atoms with van der Waals surface area (Å²) in [6, 6.07) is 19.0. The zero-order valence-corrected chi connectivity index (χ0v) is 19.3. The summed E-state index contributed by atoms with van der Waals surface area (Å²) < 4.78 is 16.3. The van der Waals surface area contributed by atoms with Crippen molar-refractivity contribution in [3.8, 4) is 17.2 Å². The third kappa shape index (κ3) is 5.41. The van der Waals surface area contributed by atoms with E-state index in [1.807, 2.05) is 18.2 Å². The molecule has 10 heteroatoms. The maximum atomic E-state index is 12.6. The topological polar surface area (TPSA) is 110 Å². The Labute approximate surface area is 200 Å². The van der Waals surface area contributed by atoms with Crippen LogP contribution in [0.1, 0.15) is 10.4 Å². The van der Waals surface area contributed by atoms with Crippen molar-refractivity contribution in [1.29, 1.82) is 0 Å². The van der Waals surface area contributed by atoms with Crippen LogP contribution in [0.3, 0.4) is 0 Å². The third-order valence-electron chi connectivity index (χ3n) is 4.77. The molecule has 0 aromatic heterocycles. The first kappa shape index (κ1) is 23.0. The lowest BCUT2D eigenvalue weighted by atomic mass is 10.2. The number of urea groups is 1. The van der Waals surface area contributed by atoms with Gasteiger partial charge in [-0.2, -0.15) is 0 Å². The molecule has 0 radical (unpaired) electrons. The molecule has 1 aliphatic heterocycles. The number of thioether (sulfide) groups is 1. The number of nitrogens with one attached hydrogen (secondary N) is 3. The summed E-state index contributed by atoms with van der Waals surface area (Å²) in [5.74, 6) is 1.87. The predicted molar refractivity (Wildman–Crippen MR) is 131 cm³/mol. The first-order valence-electron chi connectivity index (χ1n) is 10.2. The molecule has 0 unspecified atom stereocenters. The summed E-state index contributed by atoms with van der Waals surface area (Å²) in [5.41, 5.74) is 4.07. The smallest absolute Gasteiger partial charge is 0.323 e. The summed E-state index contributed by atoms with van der Waals surface area (Å²) in [7, 11) is 3.08. The molecule has 0 spiro atoms. The van der Waals surface area contributed by atoms with Crippen molar-refractivity contribution in [3.05, 3.63) is 72.3 Å². The number of carbonyl (C=O) groups is 2. The lowest BCUT2D eigenvalue weighted by Crippen LogP contribution is -2.20. The molecule has 0 aliphatic carbocycles. The fourth-order valence-corrected chi connectivity index (χ4v) is 4.01. The van der Waals surface area contributed by atoms with Crippen LogP contribution < -0.4 is 30.3 Å². The van der Waals surface area contributed by atoms with E-state index in [1.54, 1.807) is 55.6 Å². The predicted octanol–water partition coefficient (Wildman–Crippen LogP) is 4.58. The third-order valence-corrected chi connectivity index (χ3v) is 5.83. The molecule has 3 amide bonds. The van der Waals surface area contributed by atoms with Crippen molar-refractivity contribution in [2.24, 2.45) is 5.10 Å². The van der Waals surface area contributed by atoms with Crippen LogP contribution in [0.25, 0.3) is 0 Å². The van der Waals surface area contributed by atoms with Gasteiger partial charge in [0, 0.05) is 16.6 Å². The van der Waals surface area contributed by atoms with Crippen molar-refractivity contribution in [2.45, 2.75) is 4.90 Å². The van der Waals surface area contributed by atoms with Crippen molar-refractivity contribution in [3.63, 3.8) is 0 Å². The molecule has 1 aliphatic rings. The van der Waals surface area contributed by atoms with Gasteiger partial charge in [-0.25, -0.2) is 10.2 Å². The van der Waals surface area contributed by atoms with Crippen molar-refractivity contribution >= 4 is 41.0 Å². The minimum atomic E-state index is -0.412. The van der Waals surface area contributed by atoms with E-state index in [0.29, 0.717) is 45.8 Å². The summed E-state index contributed by atoms with van der Waals surface area (Å²) in [4.78, 5) is 25.6. The molecule has 0 bridgehead atoms. The summed E-state index contributed by atoms with van der Waals surface area (Å²) in [5, 5.41) is 9.70. The first-order chi connectivity index (χ1) is 16.6. The van der Waals surface area contributed by atoms with Gasteiger partial charge in [-0.05, 0) is 36.4 Å². The number of hydrogen-bond donors (Lipinski definition) is 3. The number of fused-ring (bicyclic) bond motifs is 1. The Morgan fingerprint density at radius 3 is 2.59 bits per heavy atom. The molecule has 0 saturated heterocycles. The highest BCUT2D eigenvalue weighted by atomic mass is 32.2. The number of hydrogen-bond acceptors (Lipinski definition) is 7. The number of para-hydroxylation sites is 2. The highest BCUT2D eigenvalue weighted by Crippen LogP contribution is 2.31. The van der Waals surface area contributed by atoms with Gasteiger partial charge in [0.15, 0.2) is 11.5 Å². The zero-order chi connectivity index (χ0) is 23.9. The summed E-state index contributed by atoms with van der Waals surface area (Å²) >= 11 is 1.41. The quantitative estimate of drug-likeness (QED) is 0.429. The molecule has 174 valence electrons. The lowest BCUT2D eigenvalue weighted by Gasteiger charge is -2.13. The van der Waals surface area contributed by atoms with Crippen LogP contribution in [0.5, 0.6) is 17.2 Å². The second-order valence-corrected chi connectivity index (χ2v) is 8.00. The van der Waals surface area contributed by atoms with E-state index in [-0.39, 0.29) is 5.91 Å². The number of nitrogens with zero attached hydrogens (tertiary/aromatic N) is 1. The van der Waals surface area contributed by atoms with Gasteiger partial charge >= 0.3 is 6.03 Å². The zero-order valence-electron chi connectivity index (χ0n) is 18.5. The van der Waals surface area contributed by atoms with Gasteiger partial charge in [0.25, 0.3) is 5.91 Å². The molecule has 0 fully saturated rings. The van der Waals surface area contributed by atoms with E-state index in [4.69, 9.17) is 14.2 Å². The van der Waals surface area contributed by atoms with E-state index >= 15 is 0 Å². The van der Waals surface area contributed by atoms with Gasteiger partial charge in [0.05, 0.1) is 31.2 Å². The molecule has 3 aromatic rings. The Morgan fingerprint density at radius 2 is 1.76 bits per heavy atom. The molecular formula is C24H22N4O5S. The lowest BCUT2D eigenvalue weighted by molar-refractivity contribution is 0.0955. The number of amides is 3. The number of rotatable bonds is 7. The SMILES string of the molecule is COc1ccc(NC(=O)Nc2ccccc2SCC2=NNC(=O)c3ccccc3O2)cc1OC. The first-order valence-corrected chi connectivity index (χ1v) is 11.2. The van der Waals surface area contributed by atoms with Crippen LogP contribution in [0.15, 0.2) is 76.7 Å². The minimum Gasteiger partial charge on any atom is -0.493 e. The van der Waals surface area contributed by atoms with Gasteiger partial charge in [0.2, 0.25) is 5.90 Å². The van der Waals surface area contributed by atoms with E-state index in [0.717, 1.165) is 4.90 Å². The number of ether oxygens (including phenoxy) is 3. The molecule has 3 N–H and O–H groups in total. The van der Waals surface area contributed by atoms with Crippen LogP contribution in [0.2, 0.25) is 0 Å². The van der Waals surface area contributed by atoms with Gasteiger partial charge in [-0.15, -0.1) is 16.9 Å². The van der Waals surface area contributed by atoms with Gasteiger partial charge in [0.1, 0.15) is 5.75 Å². The highest BCUT2D eigenvalue weighted by molar-refractivity contribution is 8.00. The Bertz CT molecular complexity index is 1250. The van der Waals surface area contributed by atoms with Gasteiger partial charge < -0.3 is 24.8 Å². The fourth-order valence-electron chi connectivity index (χ4n) is 3.16. The number of benzene rings is 3. The van der Waals surface area contributed by atoms with Crippen LogP contribution >= 0.6 is 11.8 Å². The van der Waals surface area contributed by atoms with Crippen LogP contribution in [0.4, 0.5) is 16.2 Å². The Hall–Kier alpha value is -4.18. The molecule has 9 nitrogen and oxygen atoms in total. The Kier molecular flexibility index (Phi) is 7.19. The Morgan fingerprint density at radius 1 is 1.00 bits per heavy atom. The molecule has 0 saturated carbocycles. The standard InChI is InChI=1S/C24H22N4O5S/c1-31-19-12-11-15(13-20(19)32-2)25-24(30)26-17-8-4-6-10-21(17)34-14-22-27-28-23(29)16-7-3-5-9-18(16)33-22/h3-13H,14H2,1-2H3,(H,28,29)(H2,25,26,30). The largest absolute Gasteiger partial charge is 0.493 e. The number of hydrazone groups is 1. The van der Waals surface area contributed by atoms with Crippen molar-refractivity contribution in [1.82, 2.24) is 5.43 Å². The molecule has 1 heterocycles. The summed E-state index contributed by atoms with van der Waals surface area (Å²) in [6.45, 7) is 0. The average molecular weight is 479 g/mol. The minimum absolute atomic E-state index is 0.329. The van der Waals surface area contributed by atoms with E-state index in [2.05, 4.69) is 21.2 Å². The average Bonchev–Trinajstić information content (AvgIpc) is 3.02. The monoisotopic (exact) mass is 478 g/mol. The fraction of sp³-hybridized carbons (Fsp3) is 0.125. The second-order valence-electron chi connectivity index (χ2n) is 6.98. The maximum Gasteiger partial charge on any atom is 0.323 e. The van der Waals surface area contributed by atoms with Crippen molar-refractivity contribution < 1.29 is 23.8 Å². The molecule has 34 heavy (non-hydrogen) atoms. The molecule has 4 rings (SSSR count). The van der Waals surface area contributed by atoms with E-state index in [9.17, 15) is 9.59 Å². The van der Waals surface area contributed by atoms with E-state index in [1.165, 1.54) is 18.9 Å². The number of carbonyl (C=O) groups excluding carboxylic acids is 2. The molecule has 0 atom stereocenters. The summed E-state index contributed by atoms with van der Waals surface area (Å²) in [6.07, 6.45) is 0. The normalized spacial score (nSPS) is 12.3. The molecular weight excluding hydrogens is 456 g/mol. The maximum absolute atomic E-state index is 12.6. The number of anilines is 2. The number of methoxy groups -OCH3 is 2. The van der Waals surface area contributed by atoms with Crippen LogP contribution in [0, 0.1) is 0 Å².